The molecule has 0 atom stereocenters. The number of nitro benzene ring substituents is 1. The van der Waals surface area contributed by atoms with Crippen molar-refractivity contribution in [2.75, 3.05) is 26.2 Å². The number of carboxylic acid groups (broad SMARTS) is 1. The summed E-state index contributed by atoms with van der Waals surface area (Å²) in [5, 5.41) is 20.6. The number of piperidine rings is 1. The van der Waals surface area contributed by atoms with Crippen LogP contribution < -0.4 is 0 Å². The Morgan fingerprint density at radius 2 is 1.59 bits per heavy atom. The van der Waals surface area contributed by atoms with Gasteiger partial charge in [0.15, 0.2) is 0 Å². The Balaban J connectivity index is 2.03. The highest BCUT2D eigenvalue weighted by Crippen LogP contribution is 2.34. The van der Waals surface area contributed by atoms with Crippen LogP contribution in [-0.4, -0.2) is 58.0 Å². The van der Waals surface area contributed by atoms with Gasteiger partial charge in [-0.3, -0.25) is 14.9 Å². The van der Waals surface area contributed by atoms with Crippen molar-refractivity contribution in [3.8, 4) is 0 Å². The van der Waals surface area contributed by atoms with Crippen molar-refractivity contribution in [3.05, 3.63) is 80.9 Å². The molecule has 168 valence electrons. The maximum absolute atomic E-state index is 12.7. The second kappa shape index (κ2) is 10.1. The SMILES string of the molecule is CCN(CC)C(=O)c1ccc(C(=C2CCN(C(=O)O)CC2)c2cccc([N+](=O)[O-])c2)cc1. The van der Waals surface area contributed by atoms with Crippen LogP contribution >= 0.6 is 0 Å². The van der Waals surface area contributed by atoms with Crippen molar-refractivity contribution < 1.29 is 19.6 Å². The molecule has 32 heavy (non-hydrogen) atoms. The summed E-state index contributed by atoms with van der Waals surface area (Å²) in [5.41, 5.74) is 4.05. The number of hydrogen-bond acceptors (Lipinski definition) is 4. The van der Waals surface area contributed by atoms with Crippen molar-refractivity contribution in [1.29, 1.82) is 0 Å². The van der Waals surface area contributed by atoms with Crippen molar-refractivity contribution in [3.63, 3.8) is 0 Å². The highest BCUT2D eigenvalue weighted by Gasteiger charge is 2.23. The zero-order valence-electron chi connectivity index (χ0n) is 18.3. The van der Waals surface area contributed by atoms with Crippen LogP contribution in [0.25, 0.3) is 5.57 Å². The predicted octanol–water partition coefficient (Wildman–Crippen LogP) is 4.65. The molecule has 1 N–H and O–H groups in total. The summed E-state index contributed by atoms with van der Waals surface area (Å²) in [6.07, 6.45) is 0.148. The van der Waals surface area contributed by atoms with Gasteiger partial charge in [0.05, 0.1) is 4.92 Å². The van der Waals surface area contributed by atoms with Crippen LogP contribution in [0.5, 0.6) is 0 Å². The molecule has 0 unspecified atom stereocenters. The van der Waals surface area contributed by atoms with Crippen LogP contribution in [0, 0.1) is 10.1 Å². The molecule has 0 saturated carbocycles. The van der Waals surface area contributed by atoms with Crippen LogP contribution in [0.2, 0.25) is 0 Å². The average Bonchev–Trinajstić information content (AvgIpc) is 2.81. The smallest absolute Gasteiger partial charge is 0.407 e. The van der Waals surface area contributed by atoms with Crippen molar-refractivity contribution in [1.82, 2.24) is 9.80 Å². The van der Waals surface area contributed by atoms with Crippen molar-refractivity contribution >= 4 is 23.3 Å². The number of rotatable bonds is 6. The molecule has 0 aromatic heterocycles. The quantitative estimate of drug-likeness (QED) is 0.523. The molecule has 2 amide bonds. The summed E-state index contributed by atoms with van der Waals surface area (Å²) in [6, 6.07) is 13.8. The predicted molar refractivity (Wildman–Crippen MR) is 122 cm³/mol. The molecular weight excluding hydrogens is 410 g/mol. The van der Waals surface area contributed by atoms with Crippen LogP contribution in [0.4, 0.5) is 10.5 Å². The van der Waals surface area contributed by atoms with Gasteiger partial charge >= 0.3 is 6.09 Å². The first-order valence-corrected chi connectivity index (χ1v) is 10.7. The van der Waals surface area contributed by atoms with Crippen molar-refractivity contribution in [2.24, 2.45) is 0 Å². The maximum Gasteiger partial charge on any atom is 0.407 e. The number of carbonyl (C=O) groups excluding carboxylic acids is 1. The van der Waals surface area contributed by atoms with Crippen LogP contribution in [0.15, 0.2) is 54.1 Å². The lowest BCUT2D eigenvalue weighted by Gasteiger charge is -2.28. The summed E-state index contributed by atoms with van der Waals surface area (Å²) < 4.78 is 0. The van der Waals surface area contributed by atoms with Crippen molar-refractivity contribution in [2.45, 2.75) is 26.7 Å². The van der Waals surface area contributed by atoms with E-state index >= 15 is 0 Å². The molecule has 8 heteroatoms. The number of benzene rings is 2. The molecule has 2 aromatic rings. The van der Waals surface area contributed by atoms with Crippen LogP contribution in [0.1, 0.15) is 48.2 Å². The lowest BCUT2D eigenvalue weighted by molar-refractivity contribution is -0.384. The first-order valence-electron chi connectivity index (χ1n) is 10.7. The topological polar surface area (TPSA) is 104 Å². The zero-order chi connectivity index (χ0) is 23.3. The molecule has 3 rings (SSSR count). The monoisotopic (exact) mass is 437 g/mol. The fourth-order valence-corrected chi connectivity index (χ4v) is 4.04. The number of non-ortho nitro benzene ring substituents is 1. The van der Waals surface area contributed by atoms with E-state index in [-0.39, 0.29) is 11.6 Å². The number of amides is 2. The normalized spacial score (nSPS) is 13.6. The minimum atomic E-state index is -0.944. The van der Waals surface area contributed by atoms with Gasteiger partial charge in [-0.25, -0.2) is 4.79 Å². The molecule has 0 spiro atoms. The van der Waals surface area contributed by atoms with Gasteiger partial charge in [-0.2, -0.15) is 0 Å². The third kappa shape index (κ3) is 4.96. The number of carbonyl (C=O) groups is 2. The van der Waals surface area contributed by atoms with Gasteiger partial charge in [-0.15, -0.1) is 0 Å². The lowest BCUT2D eigenvalue weighted by Crippen LogP contribution is -2.35. The van der Waals surface area contributed by atoms with E-state index in [1.165, 1.54) is 11.0 Å². The van der Waals surface area contributed by atoms with Gasteiger partial charge in [0, 0.05) is 43.9 Å². The molecular formula is C24H27N3O5. The van der Waals surface area contributed by atoms with Gasteiger partial charge < -0.3 is 14.9 Å². The van der Waals surface area contributed by atoms with E-state index in [9.17, 15) is 24.8 Å². The molecule has 8 nitrogen and oxygen atoms in total. The zero-order valence-corrected chi connectivity index (χ0v) is 18.3. The second-order valence-corrected chi connectivity index (χ2v) is 7.61. The fraction of sp³-hybridized carbons (Fsp3) is 0.333. The van der Waals surface area contributed by atoms with Gasteiger partial charge in [0.2, 0.25) is 0 Å². The molecule has 1 aliphatic rings. The van der Waals surface area contributed by atoms with E-state index in [0.29, 0.717) is 50.1 Å². The van der Waals surface area contributed by atoms with E-state index in [2.05, 4.69) is 0 Å². The van der Waals surface area contributed by atoms with E-state index in [1.807, 2.05) is 32.0 Å². The first-order chi connectivity index (χ1) is 15.3. The molecule has 0 radical (unpaired) electrons. The van der Waals surface area contributed by atoms with Gasteiger partial charge in [-0.05, 0) is 55.5 Å². The first kappa shape index (κ1) is 23.0. The third-order valence-corrected chi connectivity index (χ3v) is 5.81. The lowest BCUT2D eigenvalue weighted by atomic mass is 9.88. The Morgan fingerprint density at radius 1 is 1.00 bits per heavy atom. The second-order valence-electron chi connectivity index (χ2n) is 7.61. The molecule has 0 aliphatic carbocycles. The highest BCUT2D eigenvalue weighted by molar-refractivity contribution is 5.95. The highest BCUT2D eigenvalue weighted by atomic mass is 16.6. The summed E-state index contributed by atoms with van der Waals surface area (Å²) >= 11 is 0. The Hall–Kier alpha value is -3.68. The third-order valence-electron chi connectivity index (χ3n) is 5.81. The summed E-state index contributed by atoms with van der Waals surface area (Å²) in [5.74, 6) is -0.0409. The largest absolute Gasteiger partial charge is 0.465 e. The molecule has 0 bridgehead atoms. The Morgan fingerprint density at radius 3 is 2.12 bits per heavy atom. The Labute approximate surface area is 186 Å². The molecule has 1 saturated heterocycles. The summed E-state index contributed by atoms with van der Waals surface area (Å²) in [6.45, 7) is 5.87. The minimum Gasteiger partial charge on any atom is -0.465 e. The molecule has 1 heterocycles. The standard InChI is InChI=1S/C24H27N3O5/c1-3-25(4-2)23(28)19-10-8-17(9-11-19)22(18-12-14-26(15-13-18)24(29)30)20-6-5-7-21(16-20)27(31)32/h5-11,16H,3-4,12-15H2,1-2H3,(H,29,30). The number of hydrogen-bond donors (Lipinski definition) is 1. The van der Waals surface area contributed by atoms with E-state index in [1.54, 1.807) is 29.2 Å². The molecule has 2 aromatic carbocycles. The Kier molecular flexibility index (Phi) is 7.25. The number of nitro groups is 1. The van der Waals surface area contributed by atoms with Gasteiger partial charge in [0.1, 0.15) is 0 Å². The van der Waals surface area contributed by atoms with Crippen LogP contribution in [-0.2, 0) is 0 Å². The van der Waals surface area contributed by atoms with E-state index in [0.717, 1.165) is 16.7 Å². The number of likely N-dealkylation sites (tertiary alicyclic amines) is 1. The number of nitrogens with zero attached hydrogens (tertiary/aromatic N) is 3. The summed E-state index contributed by atoms with van der Waals surface area (Å²) in [4.78, 5) is 38.0. The molecule has 1 aliphatic heterocycles. The maximum atomic E-state index is 12.7. The minimum absolute atomic E-state index is 0.00287. The summed E-state index contributed by atoms with van der Waals surface area (Å²) in [7, 11) is 0. The van der Waals surface area contributed by atoms with Gasteiger partial charge in [-0.1, -0.05) is 29.8 Å². The Bertz CT molecular complexity index is 1030. The molecule has 1 fully saturated rings. The van der Waals surface area contributed by atoms with Gasteiger partial charge in [0.25, 0.3) is 11.6 Å². The fourth-order valence-electron chi connectivity index (χ4n) is 4.04. The van der Waals surface area contributed by atoms with Crippen LogP contribution in [0.3, 0.4) is 0 Å². The van der Waals surface area contributed by atoms with E-state index < -0.39 is 11.0 Å². The van der Waals surface area contributed by atoms with E-state index in [4.69, 9.17) is 0 Å². The average molecular weight is 437 g/mol.